The highest BCUT2D eigenvalue weighted by atomic mass is 35.5. The zero-order chi connectivity index (χ0) is 18.3. The second-order valence-corrected chi connectivity index (χ2v) is 7.70. The molecule has 1 atom stereocenters. The molecule has 1 saturated heterocycles. The lowest BCUT2D eigenvalue weighted by Crippen LogP contribution is -2.47. The van der Waals surface area contributed by atoms with Crippen LogP contribution in [-0.2, 0) is 5.41 Å². The molecule has 6 heteroatoms. The average Bonchev–Trinajstić information content (AvgIpc) is 2.97. The van der Waals surface area contributed by atoms with Crippen molar-refractivity contribution in [2.24, 2.45) is 0 Å². The number of fused-ring (bicyclic) bond motifs is 1. The monoisotopic (exact) mass is 368 g/mol. The van der Waals surface area contributed by atoms with E-state index in [9.17, 15) is 4.79 Å². The third-order valence-electron chi connectivity index (χ3n) is 5.20. The highest BCUT2D eigenvalue weighted by Crippen LogP contribution is 2.34. The van der Waals surface area contributed by atoms with Crippen LogP contribution in [0.25, 0.3) is 5.65 Å². The van der Waals surface area contributed by atoms with Crippen molar-refractivity contribution in [3.63, 3.8) is 0 Å². The zero-order valence-electron chi connectivity index (χ0n) is 14.9. The molecule has 134 valence electrons. The maximum absolute atomic E-state index is 13.1. The van der Waals surface area contributed by atoms with Gasteiger partial charge in [0.2, 0.25) is 0 Å². The molecule has 2 aromatic heterocycles. The van der Waals surface area contributed by atoms with Crippen LogP contribution >= 0.6 is 11.6 Å². The first-order chi connectivity index (χ1) is 12.5. The van der Waals surface area contributed by atoms with E-state index in [-0.39, 0.29) is 17.0 Å². The fourth-order valence-electron chi connectivity index (χ4n) is 3.78. The molecule has 0 bridgehead atoms. The Morgan fingerprint density at radius 2 is 2.04 bits per heavy atom. The topological polar surface area (TPSA) is 50.5 Å². The predicted octanol–water partition coefficient (Wildman–Crippen LogP) is 3.89. The Bertz CT molecular complexity index is 969. The second kappa shape index (κ2) is 6.40. The first-order valence-electron chi connectivity index (χ1n) is 8.83. The van der Waals surface area contributed by atoms with Gasteiger partial charge in [-0.15, -0.1) is 0 Å². The Labute approximate surface area is 157 Å². The minimum atomic E-state index is -0.125. The van der Waals surface area contributed by atoms with E-state index < -0.39 is 0 Å². The van der Waals surface area contributed by atoms with E-state index in [2.05, 4.69) is 29.1 Å². The molecule has 1 aliphatic rings. The van der Waals surface area contributed by atoms with Crippen LogP contribution in [0.4, 0.5) is 0 Å². The van der Waals surface area contributed by atoms with Gasteiger partial charge in [-0.2, -0.15) is 5.10 Å². The number of rotatable bonds is 2. The molecule has 1 aliphatic heterocycles. The Morgan fingerprint density at radius 1 is 1.27 bits per heavy atom. The molecule has 0 spiro atoms. The summed E-state index contributed by atoms with van der Waals surface area (Å²) in [6.07, 6.45) is 5.57. The lowest BCUT2D eigenvalue weighted by atomic mass is 9.76. The van der Waals surface area contributed by atoms with Gasteiger partial charge in [-0.1, -0.05) is 48.9 Å². The van der Waals surface area contributed by atoms with E-state index in [1.165, 1.54) is 5.56 Å². The Hall–Kier alpha value is -2.40. The van der Waals surface area contributed by atoms with Crippen molar-refractivity contribution in [2.75, 3.05) is 13.1 Å². The van der Waals surface area contributed by atoms with Gasteiger partial charge in [-0.3, -0.25) is 4.79 Å². The van der Waals surface area contributed by atoms with E-state index in [0.29, 0.717) is 17.2 Å². The number of hydrogen-bond donors (Lipinski definition) is 0. The number of likely N-dealkylation sites (tertiary alicyclic amines) is 1. The van der Waals surface area contributed by atoms with Gasteiger partial charge >= 0.3 is 0 Å². The smallest absolute Gasteiger partial charge is 0.276 e. The summed E-state index contributed by atoms with van der Waals surface area (Å²) in [6.45, 7) is 5.53. The highest BCUT2D eigenvalue weighted by molar-refractivity contribution is 6.36. The number of halogens is 1. The molecule has 5 nitrogen and oxygen atoms in total. The first kappa shape index (κ1) is 17.0. The van der Waals surface area contributed by atoms with Crippen LogP contribution in [-0.4, -0.2) is 38.5 Å². The van der Waals surface area contributed by atoms with Crippen molar-refractivity contribution in [3.05, 3.63) is 64.6 Å². The van der Waals surface area contributed by atoms with E-state index in [4.69, 9.17) is 11.6 Å². The average molecular weight is 369 g/mol. The molecular weight excluding hydrogens is 348 g/mol. The third-order valence-corrected chi connectivity index (χ3v) is 5.55. The summed E-state index contributed by atoms with van der Waals surface area (Å²) in [5.74, 6) is -0.125. The fraction of sp³-hybridized carbons (Fsp3) is 0.350. The van der Waals surface area contributed by atoms with Crippen molar-refractivity contribution < 1.29 is 4.79 Å². The van der Waals surface area contributed by atoms with E-state index in [1.54, 1.807) is 10.7 Å². The summed E-state index contributed by atoms with van der Waals surface area (Å²) in [5.41, 5.74) is 2.96. The van der Waals surface area contributed by atoms with Gasteiger partial charge in [0.1, 0.15) is 5.02 Å². The van der Waals surface area contributed by atoms with Gasteiger partial charge in [-0.05, 0) is 30.9 Å². The molecule has 0 radical (unpaired) electrons. The number of aromatic nitrogens is 3. The molecule has 0 N–H and O–H groups in total. The lowest BCUT2D eigenvalue weighted by Gasteiger charge is -2.40. The summed E-state index contributed by atoms with van der Waals surface area (Å²) < 4.78 is 1.59. The highest BCUT2D eigenvalue weighted by Gasteiger charge is 2.36. The van der Waals surface area contributed by atoms with E-state index >= 15 is 0 Å². The van der Waals surface area contributed by atoms with Crippen LogP contribution in [0.1, 0.15) is 41.4 Å². The minimum Gasteiger partial charge on any atom is -0.336 e. The van der Waals surface area contributed by atoms with Crippen LogP contribution in [0.5, 0.6) is 0 Å². The number of amides is 1. The number of nitrogens with zero attached hydrogens (tertiary/aromatic N) is 4. The molecule has 1 aromatic carbocycles. The lowest BCUT2D eigenvalue weighted by molar-refractivity contribution is 0.0645. The predicted molar refractivity (Wildman–Crippen MR) is 102 cm³/mol. The SMILES string of the molecule is Cc1cnc2c(Cl)c(C(=O)N3CCC[C@](C)(c4ccccc4)C3)nn2c1. The summed E-state index contributed by atoms with van der Waals surface area (Å²) in [7, 11) is 0. The van der Waals surface area contributed by atoms with Crippen molar-refractivity contribution in [3.8, 4) is 0 Å². The maximum Gasteiger partial charge on any atom is 0.276 e. The number of benzene rings is 1. The quantitative estimate of drug-likeness (QED) is 0.689. The zero-order valence-corrected chi connectivity index (χ0v) is 15.7. The van der Waals surface area contributed by atoms with E-state index in [1.807, 2.05) is 36.2 Å². The number of piperidine rings is 1. The Balaban J connectivity index is 1.65. The molecule has 1 amide bonds. The third kappa shape index (κ3) is 2.86. The van der Waals surface area contributed by atoms with E-state index in [0.717, 1.165) is 24.9 Å². The normalized spacial score (nSPS) is 20.5. The summed E-state index contributed by atoms with van der Waals surface area (Å²) in [4.78, 5) is 19.3. The summed E-state index contributed by atoms with van der Waals surface area (Å²) >= 11 is 6.42. The number of carbonyl (C=O) groups excluding carboxylic acids is 1. The van der Waals surface area contributed by atoms with Crippen LogP contribution < -0.4 is 0 Å². The van der Waals surface area contributed by atoms with Gasteiger partial charge in [-0.25, -0.2) is 9.50 Å². The summed E-state index contributed by atoms with van der Waals surface area (Å²) in [6, 6.07) is 10.4. The molecular formula is C20H21ClN4O. The minimum absolute atomic E-state index is 0.0599. The van der Waals surface area contributed by atoms with Crippen LogP contribution in [0.15, 0.2) is 42.7 Å². The molecule has 1 fully saturated rings. The van der Waals surface area contributed by atoms with Gasteiger partial charge in [0.15, 0.2) is 11.3 Å². The molecule has 26 heavy (non-hydrogen) atoms. The number of aryl methyl sites for hydroxylation is 1. The molecule has 3 heterocycles. The molecule has 3 aromatic rings. The van der Waals surface area contributed by atoms with Crippen molar-refractivity contribution in [1.82, 2.24) is 19.5 Å². The van der Waals surface area contributed by atoms with Crippen molar-refractivity contribution in [2.45, 2.75) is 32.1 Å². The first-order valence-corrected chi connectivity index (χ1v) is 9.21. The maximum atomic E-state index is 13.1. The number of carbonyl (C=O) groups is 1. The fourth-order valence-corrected chi connectivity index (χ4v) is 4.03. The Kier molecular flexibility index (Phi) is 4.19. The largest absolute Gasteiger partial charge is 0.336 e. The van der Waals surface area contributed by atoms with Gasteiger partial charge in [0.25, 0.3) is 5.91 Å². The van der Waals surface area contributed by atoms with Crippen molar-refractivity contribution in [1.29, 1.82) is 0 Å². The standard InChI is InChI=1S/C20H21ClN4O/c1-14-11-22-18-16(21)17(23-25(18)12-14)19(26)24-10-6-9-20(2,13-24)15-7-4-3-5-8-15/h3-5,7-8,11-12H,6,9-10,13H2,1-2H3/t20-/m0/s1. The van der Waals surface area contributed by atoms with Gasteiger partial charge < -0.3 is 4.90 Å². The Morgan fingerprint density at radius 3 is 2.81 bits per heavy atom. The molecule has 0 aliphatic carbocycles. The molecule has 4 rings (SSSR count). The molecule has 0 saturated carbocycles. The van der Waals surface area contributed by atoms with Gasteiger partial charge in [0, 0.05) is 30.9 Å². The van der Waals surface area contributed by atoms with Crippen LogP contribution in [0.3, 0.4) is 0 Å². The van der Waals surface area contributed by atoms with Crippen LogP contribution in [0, 0.1) is 6.92 Å². The number of hydrogen-bond acceptors (Lipinski definition) is 3. The van der Waals surface area contributed by atoms with Crippen LogP contribution in [0.2, 0.25) is 5.02 Å². The summed E-state index contributed by atoms with van der Waals surface area (Å²) in [5, 5.41) is 4.72. The van der Waals surface area contributed by atoms with Crippen molar-refractivity contribution >= 4 is 23.2 Å². The van der Waals surface area contributed by atoms with Gasteiger partial charge in [0.05, 0.1) is 0 Å². The second-order valence-electron chi connectivity index (χ2n) is 7.32. The molecule has 0 unspecified atom stereocenters.